The van der Waals surface area contributed by atoms with Crippen LogP contribution in [-0.4, -0.2) is 22.0 Å². The Morgan fingerprint density at radius 1 is 1.56 bits per heavy atom. The van der Waals surface area contributed by atoms with Crippen molar-refractivity contribution in [2.45, 2.75) is 26.8 Å². The summed E-state index contributed by atoms with van der Waals surface area (Å²) in [6.07, 6.45) is 0. The number of aromatic nitrogens is 2. The van der Waals surface area contributed by atoms with Crippen molar-refractivity contribution in [3.63, 3.8) is 0 Å². The van der Waals surface area contributed by atoms with Gasteiger partial charge in [-0.05, 0) is 44.6 Å². The number of carbonyl (C=O) groups excluding carboxylic acids is 1. The Hall–Kier alpha value is -1.62. The molecule has 1 aromatic heterocycles. The fraction of sp³-hybridized carbons (Fsp3) is 0.385. The highest BCUT2D eigenvalue weighted by molar-refractivity contribution is 7.71. The summed E-state index contributed by atoms with van der Waals surface area (Å²) in [6.45, 7) is 6.41. The predicted molar refractivity (Wildman–Crippen MR) is 75.3 cm³/mol. The Balaban J connectivity index is 2.60. The summed E-state index contributed by atoms with van der Waals surface area (Å²) in [7, 11) is 0. The van der Waals surface area contributed by atoms with E-state index in [-0.39, 0.29) is 11.9 Å². The zero-order chi connectivity index (χ0) is 13.3. The van der Waals surface area contributed by atoms with Gasteiger partial charge in [-0.1, -0.05) is 12.1 Å². The van der Waals surface area contributed by atoms with Crippen LogP contribution in [0.15, 0.2) is 18.2 Å². The molecule has 1 unspecified atom stereocenters. The normalized spacial score (nSPS) is 12.6. The zero-order valence-corrected chi connectivity index (χ0v) is 11.6. The van der Waals surface area contributed by atoms with E-state index in [1.165, 1.54) is 0 Å². The van der Waals surface area contributed by atoms with Crippen molar-refractivity contribution in [3.8, 4) is 0 Å². The van der Waals surface area contributed by atoms with Gasteiger partial charge in [-0.15, -0.1) is 0 Å². The van der Waals surface area contributed by atoms with Gasteiger partial charge in [0.15, 0.2) is 4.77 Å². The lowest BCUT2D eigenvalue weighted by molar-refractivity contribution is -0.123. The van der Waals surface area contributed by atoms with Crippen LogP contribution in [0.5, 0.6) is 0 Å². The van der Waals surface area contributed by atoms with Gasteiger partial charge in [-0.25, -0.2) is 0 Å². The minimum atomic E-state index is -0.313. The first-order chi connectivity index (χ1) is 8.56. The second kappa shape index (κ2) is 4.94. The molecule has 0 aliphatic carbocycles. The molecule has 0 aliphatic heterocycles. The Kier molecular flexibility index (Phi) is 3.52. The van der Waals surface area contributed by atoms with Gasteiger partial charge >= 0.3 is 0 Å². The van der Waals surface area contributed by atoms with Gasteiger partial charge < -0.3 is 14.9 Å². The quantitative estimate of drug-likeness (QED) is 0.837. The zero-order valence-electron chi connectivity index (χ0n) is 10.8. The minimum Gasteiger partial charge on any atom is -0.355 e. The minimum absolute atomic E-state index is 0.0160. The van der Waals surface area contributed by atoms with Crippen LogP contribution in [0.2, 0.25) is 0 Å². The largest absolute Gasteiger partial charge is 0.355 e. The first kappa shape index (κ1) is 12.8. The van der Waals surface area contributed by atoms with E-state index in [9.17, 15) is 4.79 Å². The molecule has 1 heterocycles. The number of hydrogen-bond donors (Lipinski definition) is 2. The second-order valence-electron chi connectivity index (χ2n) is 4.34. The van der Waals surface area contributed by atoms with Gasteiger partial charge in [0.2, 0.25) is 5.91 Å². The third-order valence-electron chi connectivity index (χ3n) is 3.06. The highest BCUT2D eigenvalue weighted by Gasteiger charge is 2.18. The van der Waals surface area contributed by atoms with E-state index in [4.69, 9.17) is 12.2 Å². The van der Waals surface area contributed by atoms with Crippen LogP contribution in [0.1, 0.15) is 25.5 Å². The molecule has 2 rings (SSSR count). The molecular weight excluding hydrogens is 246 g/mol. The number of benzene rings is 1. The molecule has 0 saturated carbocycles. The molecular formula is C13H17N3OS. The van der Waals surface area contributed by atoms with Gasteiger partial charge in [0.05, 0.1) is 11.0 Å². The fourth-order valence-electron chi connectivity index (χ4n) is 2.17. The lowest BCUT2D eigenvalue weighted by Crippen LogP contribution is -2.30. The van der Waals surface area contributed by atoms with Gasteiger partial charge in [0, 0.05) is 6.54 Å². The molecule has 4 nitrogen and oxygen atoms in total. The molecule has 2 N–H and O–H groups in total. The summed E-state index contributed by atoms with van der Waals surface area (Å²) >= 11 is 5.32. The highest BCUT2D eigenvalue weighted by atomic mass is 32.1. The number of amides is 1. The van der Waals surface area contributed by atoms with Crippen LogP contribution in [0, 0.1) is 11.7 Å². The highest BCUT2D eigenvalue weighted by Crippen LogP contribution is 2.22. The Morgan fingerprint density at radius 3 is 2.94 bits per heavy atom. The molecule has 96 valence electrons. The maximum atomic E-state index is 12.0. The van der Waals surface area contributed by atoms with E-state index in [0.29, 0.717) is 11.3 Å². The summed E-state index contributed by atoms with van der Waals surface area (Å²) in [5.41, 5.74) is 3.08. The summed E-state index contributed by atoms with van der Waals surface area (Å²) < 4.78 is 2.46. The Labute approximate surface area is 111 Å². The van der Waals surface area contributed by atoms with Crippen molar-refractivity contribution in [2.24, 2.45) is 0 Å². The standard InChI is InChI=1S/C13H17N3OS/c1-4-14-12(17)9(3)16-11-8(2)6-5-7-10(11)15-13(16)18/h5-7,9H,4H2,1-3H3,(H,14,17)(H,15,18). The third-order valence-corrected chi connectivity index (χ3v) is 3.36. The van der Waals surface area contributed by atoms with Crippen LogP contribution in [0.3, 0.4) is 0 Å². The van der Waals surface area contributed by atoms with E-state index >= 15 is 0 Å². The number of nitrogens with zero attached hydrogens (tertiary/aromatic N) is 1. The first-order valence-corrected chi connectivity index (χ1v) is 6.44. The maximum Gasteiger partial charge on any atom is 0.242 e. The molecule has 0 fully saturated rings. The summed E-state index contributed by atoms with van der Waals surface area (Å²) in [5.74, 6) is -0.0160. The molecule has 0 saturated heterocycles. The lowest BCUT2D eigenvalue weighted by Gasteiger charge is -2.14. The number of rotatable bonds is 3. The average Bonchev–Trinajstić information content (AvgIpc) is 2.66. The van der Waals surface area contributed by atoms with Gasteiger partial charge in [-0.2, -0.15) is 0 Å². The maximum absolute atomic E-state index is 12.0. The van der Waals surface area contributed by atoms with Gasteiger partial charge in [0.1, 0.15) is 6.04 Å². The van der Waals surface area contributed by atoms with Crippen molar-refractivity contribution in [2.75, 3.05) is 6.54 Å². The van der Waals surface area contributed by atoms with Crippen LogP contribution >= 0.6 is 12.2 Å². The number of H-pyrrole nitrogens is 1. The molecule has 1 aromatic carbocycles. The fourth-order valence-corrected chi connectivity index (χ4v) is 2.52. The van der Waals surface area contributed by atoms with Crippen molar-refractivity contribution >= 4 is 29.2 Å². The van der Waals surface area contributed by atoms with Crippen molar-refractivity contribution < 1.29 is 4.79 Å². The van der Waals surface area contributed by atoms with Crippen molar-refractivity contribution in [1.82, 2.24) is 14.9 Å². The molecule has 0 spiro atoms. The molecule has 1 amide bonds. The van der Waals surface area contributed by atoms with E-state index in [2.05, 4.69) is 10.3 Å². The topological polar surface area (TPSA) is 49.8 Å². The molecule has 0 bridgehead atoms. The van der Waals surface area contributed by atoms with E-state index < -0.39 is 0 Å². The van der Waals surface area contributed by atoms with E-state index in [1.807, 2.05) is 43.5 Å². The summed E-state index contributed by atoms with van der Waals surface area (Å²) in [4.78, 5) is 15.1. The Morgan fingerprint density at radius 2 is 2.28 bits per heavy atom. The molecule has 0 aliphatic rings. The summed E-state index contributed by atoms with van der Waals surface area (Å²) in [5, 5.41) is 2.82. The number of nitrogens with one attached hydrogen (secondary N) is 2. The molecule has 1 atom stereocenters. The van der Waals surface area contributed by atoms with Crippen molar-refractivity contribution in [1.29, 1.82) is 0 Å². The third kappa shape index (κ3) is 2.06. The number of likely N-dealkylation sites (N-methyl/N-ethyl adjacent to an activating group) is 1. The number of hydrogen-bond acceptors (Lipinski definition) is 2. The second-order valence-corrected chi connectivity index (χ2v) is 4.73. The number of carbonyl (C=O) groups is 1. The predicted octanol–water partition coefficient (Wildman–Crippen LogP) is 2.70. The van der Waals surface area contributed by atoms with Crippen LogP contribution in [-0.2, 0) is 4.79 Å². The Bertz CT molecular complexity index is 641. The number of fused-ring (bicyclic) bond motifs is 1. The molecule has 2 aromatic rings. The van der Waals surface area contributed by atoms with Crippen LogP contribution in [0.25, 0.3) is 11.0 Å². The number of aromatic amines is 1. The monoisotopic (exact) mass is 263 g/mol. The smallest absolute Gasteiger partial charge is 0.242 e. The molecule has 0 radical (unpaired) electrons. The van der Waals surface area contributed by atoms with Crippen LogP contribution in [0.4, 0.5) is 0 Å². The first-order valence-electron chi connectivity index (χ1n) is 6.03. The molecule has 18 heavy (non-hydrogen) atoms. The number of aryl methyl sites for hydroxylation is 1. The number of para-hydroxylation sites is 1. The van der Waals surface area contributed by atoms with Gasteiger partial charge in [0.25, 0.3) is 0 Å². The summed E-state index contributed by atoms with van der Waals surface area (Å²) in [6, 6.07) is 5.65. The molecule has 5 heteroatoms. The van der Waals surface area contributed by atoms with Crippen LogP contribution < -0.4 is 5.32 Å². The van der Waals surface area contributed by atoms with Crippen molar-refractivity contribution in [3.05, 3.63) is 28.5 Å². The van der Waals surface area contributed by atoms with E-state index in [1.54, 1.807) is 0 Å². The number of imidazole rings is 1. The van der Waals surface area contributed by atoms with E-state index in [0.717, 1.165) is 16.6 Å². The SMILES string of the molecule is CCNC(=O)C(C)n1c(=S)[nH]c2cccc(C)c21. The van der Waals surface area contributed by atoms with Gasteiger partial charge in [-0.3, -0.25) is 4.79 Å². The average molecular weight is 263 g/mol. The lowest BCUT2D eigenvalue weighted by atomic mass is 10.2.